The fourth-order valence-electron chi connectivity index (χ4n) is 2.77. The van der Waals surface area contributed by atoms with Crippen molar-refractivity contribution in [3.8, 4) is 16.3 Å². The minimum atomic E-state index is -0.469. The van der Waals surface area contributed by atoms with Gasteiger partial charge in [-0.15, -0.1) is 11.3 Å². The molecule has 30 heavy (non-hydrogen) atoms. The Balaban J connectivity index is 1.45. The van der Waals surface area contributed by atoms with Gasteiger partial charge in [-0.3, -0.25) is 4.79 Å². The maximum atomic E-state index is 14.6. The number of ether oxygens (including phenoxy) is 1. The molecular weight excluding hydrogens is 423 g/mol. The standard InChI is InChI=1S/C23H16ClFN2O2S/c24-16-6-4-5-15(11-16)13-29-18-9-10-19(20(25)12-18)23-27-21(14-30-23)22(28)26-17-7-2-1-3-8-17/h1-12,14H,13H2,(H,26,28). The molecule has 1 heterocycles. The number of nitrogens with zero attached hydrogens (tertiary/aromatic N) is 1. The molecule has 0 saturated heterocycles. The van der Waals surface area contributed by atoms with E-state index >= 15 is 0 Å². The molecule has 4 rings (SSSR count). The zero-order valence-electron chi connectivity index (χ0n) is 15.6. The number of aromatic nitrogens is 1. The smallest absolute Gasteiger partial charge is 0.275 e. The maximum Gasteiger partial charge on any atom is 0.275 e. The third kappa shape index (κ3) is 4.84. The lowest BCUT2D eigenvalue weighted by Gasteiger charge is -2.08. The first-order valence-electron chi connectivity index (χ1n) is 9.07. The summed E-state index contributed by atoms with van der Waals surface area (Å²) in [5.41, 5.74) is 2.11. The Hall–Kier alpha value is -3.22. The monoisotopic (exact) mass is 438 g/mol. The van der Waals surface area contributed by atoms with Gasteiger partial charge in [-0.1, -0.05) is 41.9 Å². The number of anilines is 1. The number of hydrogen-bond donors (Lipinski definition) is 1. The summed E-state index contributed by atoms with van der Waals surface area (Å²) >= 11 is 7.17. The third-order valence-corrected chi connectivity index (χ3v) is 5.34. The van der Waals surface area contributed by atoms with Crippen LogP contribution in [0.5, 0.6) is 5.75 Å². The second-order valence-corrected chi connectivity index (χ2v) is 7.71. The molecule has 0 aliphatic heterocycles. The van der Waals surface area contributed by atoms with Gasteiger partial charge in [-0.2, -0.15) is 0 Å². The molecule has 4 aromatic rings. The van der Waals surface area contributed by atoms with Crippen LogP contribution >= 0.6 is 22.9 Å². The predicted octanol–water partition coefficient (Wildman–Crippen LogP) is 6.43. The van der Waals surface area contributed by atoms with Crippen LogP contribution in [0.4, 0.5) is 10.1 Å². The number of halogens is 2. The molecule has 0 aliphatic carbocycles. The number of thiazole rings is 1. The van der Waals surface area contributed by atoms with Gasteiger partial charge in [0.15, 0.2) is 0 Å². The average Bonchev–Trinajstić information content (AvgIpc) is 3.23. The van der Waals surface area contributed by atoms with Gasteiger partial charge in [0.2, 0.25) is 0 Å². The van der Waals surface area contributed by atoms with Crippen LogP contribution < -0.4 is 10.1 Å². The van der Waals surface area contributed by atoms with Gasteiger partial charge in [0, 0.05) is 27.7 Å². The van der Waals surface area contributed by atoms with Crippen LogP contribution in [0, 0.1) is 5.82 Å². The normalized spacial score (nSPS) is 10.6. The van der Waals surface area contributed by atoms with E-state index in [1.807, 2.05) is 30.3 Å². The van der Waals surface area contributed by atoms with Crippen molar-refractivity contribution >= 4 is 34.5 Å². The Morgan fingerprint density at radius 1 is 1.07 bits per heavy atom. The first-order chi connectivity index (χ1) is 14.6. The number of carbonyl (C=O) groups is 1. The Morgan fingerprint density at radius 2 is 1.90 bits per heavy atom. The Kier molecular flexibility index (Phi) is 6.07. The molecule has 0 atom stereocenters. The van der Waals surface area contributed by atoms with Gasteiger partial charge in [0.05, 0.1) is 0 Å². The number of nitrogens with one attached hydrogen (secondary N) is 1. The number of benzene rings is 3. The molecule has 1 aromatic heterocycles. The van der Waals surface area contributed by atoms with Crippen LogP contribution in [0.15, 0.2) is 78.2 Å². The van der Waals surface area contributed by atoms with Crippen molar-refractivity contribution in [3.63, 3.8) is 0 Å². The molecule has 0 bridgehead atoms. The largest absolute Gasteiger partial charge is 0.489 e. The van der Waals surface area contributed by atoms with E-state index in [9.17, 15) is 9.18 Å². The summed E-state index contributed by atoms with van der Waals surface area (Å²) in [5, 5.41) is 5.42. The van der Waals surface area contributed by atoms with E-state index in [0.717, 1.165) is 5.56 Å². The van der Waals surface area contributed by atoms with E-state index in [1.165, 1.54) is 17.4 Å². The molecule has 1 amide bonds. The fraction of sp³-hybridized carbons (Fsp3) is 0.0435. The number of amides is 1. The van der Waals surface area contributed by atoms with Gasteiger partial charge in [-0.25, -0.2) is 9.37 Å². The van der Waals surface area contributed by atoms with Crippen LogP contribution in [-0.4, -0.2) is 10.9 Å². The lowest BCUT2D eigenvalue weighted by Crippen LogP contribution is -2.12. The highest BCUT2D eigenvalue weighted by atomic mass is 35.5. The highest BCUT2D eigenvalue weighted by Gasteiger charge is 2.15. The van der Waals surface area contributed by atoms with Crippen molar-refractivity contribution in [2.45, 2.75) is 6.61 Å². The highest BCUT2D eigenvalue weighted by Crippen LogP contribution is 2.29. The molecule has 150 valence electrons. The number of hydrogen-bond acceptors (Lipinski definition) is 4. The molecule has 7 heteroatoms. The van der Waals surface area contributed by atoms with Crippen molar-refractivity contribution in [2.75, 3.05) is 5.32 Å². The van der Waals surface area contributed by atoms with Crippen LogP contribution in [0.2, 0.25) is 5.02 Å². The molecule has 0 spiro atoms. The highest BCUT2D eigenvalue weighted by molar-refractivity contribution is 7.13. The van der Waals surface area contributed by atoms with E-state index in [2.05, 4.69) is 10.3 Å². The summed E-state index contributed by atoms with van der Waals surface area (Å²) in [4.78, 5) is 16.6. The average molecular weight is 439 g/mol. The van der Waals surface area contributed by atoms with Crippen molar-refractivity contribution in [1.82, 2.24) is 4.98 Å². The first-order valence-corrected chi connectivity index (χ1v) is 10.3. The summed E-state index contributed by atoms with van der Waals surface area (Å²) < 4.78 is 20.3. The van der Waals surface area contributed by atoms with Crippen molar-refractivity contribution in [3.05, 3.63) is 100 Å². The molecule has 0 unspecified atom stereocenters. The number of carbonyl (C=O) groups excluding carboxylic acids is 1. The van der Waals surface area contributed by atoms with Crippen LogP contribution in [0.25, 0.3) is 10.6 Å². The summed E-state index contributed by atoms with van der Waals surface area (Å²) in [6, 6.07) is 21.0. The number of para-hydroxylation sites is 1. The second-order valence-electron chi connectivity index (χ2n) is 6.42. The molecule has 0 aliphatic rings. The topological polar surface area (TPSA) is 51.2 Å². The minimum Gasteiger partial charge on any atom is -0.489 e. The Bertz CT molecular complexity index is 1180. The van der Waals surface area contributed by atoms with Gasteiger partial charge in [-0.05, 0) is 42.0 Å². The van der Waals surface area contributed by atoms with Crippen molar-refractivity contribution in [1.29, 1.82) is 0 Å². The van der Waals surface area contributed by atoms with Crippen LogP contribution in [0.3, 0.4) is 0 Å². The molecule has 0 saturated carbocycles. The lowest BCUT2D eigenvalue weighted by atomic mass is 10.2. The van der Waals surface area contributed by atoms with Gasteiger partial charge < -0.3 is 10.1 Å². The van der Waals surface area contributed by atoms with Gasteiger partial charge in [0.25, 0.3) is 5.91 Å². The maximum absolute atomic E-state index is 14.6. The quantitative estimate of drug-likeness (QED) is 0.377. The van der Waals surface area contributed by atoms with E-state index in [0.29, 0.717) is 27.0 Å². The van der Waals surface area contributed by atoms with Crippen LogP contribution in [0.1, 0.15) is 16.1 Å². The van der Waals surface area contributed by atoms with Crippen LogP contribution in [-0.2, 0) is 6.61 Å². The van der Waals surface area contributed by atoms with Gasteiger partial charge in [0.1, 0.15) is 28.9 Å². The summed E-state index contributed by atoms with van der Waals surface area (Å²) in [6.45, 7) is 0.278. The summed E-state index contributed by atoms with van der Waals surface area (Å²) in [7, 11) is 0. The van der Waals surface area contributed by atoms with E-state index < -0.39 is 5.82 Å². The van der Waals surface area contributed by atoms with Crippen molar-refractivity contribution < 1.29 is 13.9 Å². The summed E-state index contributed by atoms with van der Waals surface area (Å²) in [6.07, 6.45) is 0. The SMILES string of the molecule is O=C(Nc1ccccc1)c1csc(-c2ccc(OCc3cccc(Cl)c3)cc2F)n1. The van der Waals surface area contributed by atoms with E-state index in [1.54, 1.807) is 41.8 Å². The number of rotatable bonds is 6. The fourth-order valence-corrected chi connectivity index (χ4v) is 3.81. The zero-order chi connectivity index (χ0) is 20.9. The molecule has 1 N–H and O–H groups in total. The molecular formula is C23H16ClFN2O2S. The third-order valence-electron chi connectivity index (χ3n) is 4.23. The van der Waals surface area contributed by atoms with Crippen molar-refractivity contribution in [2.24, 2.45) is 0 Å². The zero-order valence-corrected chi connectivity index (χ0v) is 17.2. The second kappa shape index (κ2) is 9.07. The Morgan fingerprint density at radius 3 is 2.67 bits per heavy atom. The lowest BCUT2D eigenvalue weighted by molar-refractivity contribution is 0.102. The Labute approximate surface area is 181 Å². The molecule has 4 nitrogen and oxygen atoms in total. The molecule has 0 radical (unpaired) electrons. The first kappa shape index (κ1) is 20.1. The predicted molar refractivity (Wildman–Crippen MR) is 118 cm³/mol. The van der Waals surface area contributed by atoms with E-state index in [-0.39, 0.29) is 18.2 Å². The molecule has 0 fully saturated rings. The van der Waals surface area contributed by atoms with Gasteiger partial charge >= 0.3 is 0 Å². The minimum absolute atomic E-state index is 0.236. The molecule has 3 aromatic carbocycles. The van der Waals surface area contributed by atoms with E-state index in [4.69, 9.17) is 16.3 Å². The summed E-state index contributed by atoms with van der Waals surface area (Å²) in [5.74, 6) is -0.414.